The molecule has 0 aliphatic heterocycles. The first-order valence-corrected chi connectivity index (χ1v) is 11.9. The van der Waals surface area contributed by atoms with Gasteiger partial charge in [-0.2, -0.15) is 5.10 Å². The van der Waals surface area contributed by atoms with Gasteiger partial charge in [0.05, 0.1) is 29.1 Å². The number of para-hydroxylation sites is 1. The third-order valence-corrected chi connectivity index (χ3v) is 7.22. The van der Waals surface area contributed by atoms with Crippen LogP contribution in [-0.2, 0) is 6.42 Å². The van der Waals surface area contributed by atoms with Crippen LogP contribution in [0.5, 0.6) is 5.75 Å². The minimum absolute atomic E-state index is 0.149. The van der Waals surface area contributed by atoms with Crippen molar-refractivity contribution in [1.29, 1.82) is 0 Å². The van der Waals surface area contributed by atoms with Crippen LogP contribution in [0, 0.1) is 6.92 Å². The molecule has 0 spiro atoms. The number of aryl methyl sites for hydroxylation is 1. The molecule has 4 N–H and O–H groups in total. The van der Waals surface area contributed by atoms with Crippen molar-refractivity contribution >= 4 is 32.5 Å². The lowest BCUT2D eigenvalue weighted by Gasteiger charge is -2.14. The molecule has 6 aromatic rings. The maximum Gasteiger partial charge on any atom is 0.138 e. The van der Waals surface area contributed by atoms with E-state index in [1.54, 1.807) is 30.1 Å². The van der Waals surface area contributed by atoms with Crippen LogP contribution < -0.4 is 10.5 Å². The van der Waals surface area contributed by atoms with E-state index in [0.29, 0.717) is 12.4 Å². The first-order valence-electron chi connectivity index (χ1n) is 11.1. The zero-order chi connectivity index (χ0) is 23.1. The van der Waals surface area contributed by atoms with Crippen LogP contribution in [0.4, 0.5) is 0 Å². The number of benzene rings is 1. The molecule has 5 heterocycles. The van der Waals surface area contributed by atoms with Crippen molar-refractivity contribution in [3.63, 3.8) is 0 Å². The number of rotatable bonds is 7. The van der Waals surface area contributed by atoms with Gasteiger partial charge in [0.1, 0.15) is 17.9 Å². The van der Waals surface area contributed by atoms with Gasteiger partial charge in [0, 0.05) is 44.8 Å². The summed E-state index contributed by atoms with van der Waals surface area (Å²) in [7, 11) is 0. The summed E-state index contributed by atoms with van der Waals surface area (Å²) in [5, 5.41) is 8.63. The lowest BCUT2D eigenvalue weighted by atomic mass is 10.1. The molecule has 8 heteroatoms. The van der Waals surface area contributed by atoms with Gasteiger partial charge in [-0.25, -0.2) is 0 Å². The molecule has 1 atom stereocenters. The Kier molecular flexibility index (Phi) is 5.16. The van der Waals surface area contributed by atoms with Gasteiger partial charge in [0.25, 0.3) is 0 Å². The standard InChI is InChI=1S/C26H23N5O2S/c1-15-26-23(31-30-15)10-24(34-26)21-9-19(12-29-25(21)16-6-7-32-13-16)33-14-18(27)8-17-11-28-22-5-3-2-4-20(17)22/h2-7,9-13,18,28H,8,14,27H2,1H3,(H,30,31). The van der Waals surface area contributed by atoms with E-state index in [2.05, 4.69) is 33.4 Å². The van der Waals surface area contributed by atoms with E-state index >= 15 is 0 Å². The second-order valence-corrected chi connectivity index (χ2v) is 9.44. The zero-order valence-electron chi connectivity index (χ0n) is 18.5. The number of hydrogen-bond donors (Lipinski definition) is 3. The fourth-order valence-corrected chi connectivity index (χ4v) is 5.31. The molecule has 0 amide bonds. The van der Waals surface area contributed by atoms with Gasteiger partial charge in [-0.3, -0.25) is 10.1 Å². The number of aromatic amines is 2. The van der Waals surface area contributed by atoms with Crippen molar-refractivity contribution in [2.24, 2.45) is 5.73 Å². The average Bonchev–Trinajstić information content (AvgIpc) is 3.65. The van der Waals surface area contributed by atoms with E-state index in [4.69, 9.17) is 19.9 Å². The van der Waals surface area contributed by atoms with E-state index in [1.807, 2.05) is 37.4 Å². The van der Waals surface area contributed by atoms with E-state index in [1.165, 1.54) is 10.9 Å². The second kappa shape index (κ2) is 8.48. The van der Waals surface area contributed by atoms with E-state index in [0.717, 1.165) is 49.5 Å². The molecule has 1 unspecified atom stereocenters. The van der Waals surface area contributed by atoms with Gasteiger partial charge in [0.15, 0.2) is 0 Å². The zero-order valence-corrected chi connectivity index (χ0v) is 19.4. The molecule has 1 aromatic carbocycles. The van der Waals surface area contributed by atoms with Crippen LogP contribution in [-0.4, -0.2) is 32.8 Å². The fraction of sp³-hybridized carbons (Fsp3) is 0.154. The van der Waals surface area contributed by atoms with E-state index in [9.17, 15) is 0 Å². The Labute approximate surface area is 199 Å². The lowest BCUT2D eigenvalue weighted by molar-refractivity contribution is 0.287. The summed E-state index contributed by atoms with van der Waals surface area (Å²) in [6, 6.07) is 14.1. The minimum atomic E-state index is -0.149. The fourth-order valence-electron chi connectivity index (χ4n) is 4.25. The summed E-state index contributed by atoms with van der Waals surface area (Å²) in [5.41, 5.74) is 13.5. The SMILES string of the molecule is Cc1[nH]nc2cc(-c3cc(OCC(N)Cc4c[nH]c5ccccc45)cnc3-c3ccoc3)sc12. The minimum Gasteiger partial charge on any atom is -0.490 e. The molecule has 0 saturated heterocycles. The number of nitrogens with zero attached hydrogens (tertiary/aromatic N) is 2. The largest absolute Gasteiger partial charge is 0.490 e. The molecule has 0 aliphatic carbocycles. The molecule has 0 fully saturated rings. The summed E-state index contributed by atoms with van der Waals surface area (Å²) >= 11 is 1.68. The average molecular weight is 470 g/mol. The van der Waals surface area contributed by atoms with Crippen LogP contribution in [0.15, 0.2) is 71.8 Å². The quantitative estimate of drug-likeness (QED) is 0.279. The van der Waals surface area contributed by atoms with Crippen LogP contribution >= 0.6 is 11.3 Å². The molecular formula is C26H23N5O2S. The number of aromatic nitrogens is 4. The smallest absolute Gasteiger partial charge is 0.138 e. The van der Waals surface area contributed by atoms with Crippen LogP contribution in [0.3, 0.4) is 0 Å². The van der Waals surface area contributed by atoms with Crippen molar-refractivity contribution < 1.29 is 9.15 Å². The molecular weight excluding hydrogens is 446 g/mol. The van der Waals surface area contributed by atoms with Crippen LogP contribution in [0.25, 0.3) is 42.8 Å². The highest BCUT2D eigenvalue weighted by Crippen LogP contribution is 2.40. The number of fused-ring (bicyclic) bond motifs is 2. The van der Waals surface area contributed by atoms with Gasteiger partial charge in [-0.15, -0.1) is 11.3 Å². The molecule has 0 bridgehead atoms. The normalized spacial score (nSPS) is 12.5. The van der Waals surface area contributed by atoms with Crippen molar-refractivity contribution in [1.82, 2.24) is 20.2 Å². The van der Waals surface area contributed by atoms with Crippen molar-refractivity contribution in [3.05, 3.63) is 78.6 Å². The Hall–Kier alpha value is -3.88. The molecule has 6 rings (SSSR count). The number of furan rings is 1. The van der Waals surface area contributed by atoms with Gasteiger partial charge < -0.3 is 19.9 Å². The Morgan fingerprint density at radius 2 is 2.12 bits per heavy atom. The van der Waals surface area contributed by atoms with Gasteiger partial charge in [0.2, 0.25) is 0 Å². The van der Waals surface area contributed by atoms with Crippen molar-refractivity contribution in [3.8, 4) is 27.4 Å². The van der Waals surface area contributed by atoms with Crippen LogP contribution in [0.1, 0.15) is 11.3 Å². The van der Waals surface area contributed by atoms with Gasteiger partial charge >= 0.3 is 0 Å². The molecule has 0 saturated carbocycles. The number of H-pyrrole nitrogens is 2. The number of nitrogens with two attached hydrogens (primary N) is 1. The third-order valence-electron chi connectivity index (χ3n) is 5.94. The second-order valence-electron chi connectivity index (χ2n) is 8.39. The number of thiophene rings is 1. The summed E-state index contributed by atoms with van der Waals surface area (Å²) in [5.74, 6) is 0.681. The van der Waals surface area contributed by atoms with E-state index in [-0.39, 0.29) is 6.04 Å². The molecule has 170 valence electrons. The molecule has 0 aliphatic rings. The maximum atomic E-state index is 6.43. The molecule has 5 aromatic heterocycles. The third kappa shape index (κ3) is 3.76. The molecule has 0 radical (unpaired) electrons. The Morgan fingerprint density at radius 1 is 1.21 bits per heavy atom. The Morgan fingerprint density at radius 3 is 2.97 bits per heavy atom. The summed E-state index contributed by atoms with van der Waals surface area (Å²) in [6.07, 6.45) is 7.85. The number of ether oxygens (including phenoxy) is 1. The topological polar surface area (TPSA) is 106 Å². The number of hydrogen-bond acceptors (Lipinski definition) is 6. The van der Waals surface area contributed by atoms with E-state index < -0.39 is 0 Å². The lowest BCUT2D eigenvalue weighted by Crippen LogP contribution is -2.30. The van der Waals surface area contributed by atoms with Crippen molar-refractivity contribution in [2.75, 3.05) is 6.61 Å². The highest BCUT2D eigenvalue weighted by molar-refractivity contribution is 7.22. The number of pyridine rings is 1. The molecule has 34 heavy (non-hydrogen) atoms. The number of nitrogens with one attached hydrogen (secondary N) is 2. The highest BCUT2D eigenvalue weighted by atomic mass is 32.1. The van der Waals surface area contributed by atoms with Crippen molar-refractivity contribution in [2.45, 2.75) is 19.4 Å². The summed E-state index contributed by atoms with van der Waals surface area (Å²) in [6.45, 7) is 2.41. The predicted octanol–water partition coefficient (Wildman–Crippen LogP) is 5.68. The Balaban J connectivity index is 1.26. The Bertz CT molecular complexity index is 1580. The first kappa shape index (κ1) is 20.7. The summed E-state index contributed by atoms with van der Waals surface area (Å²) in [4.78, 5) is 9.10. The molecule has 7 nitrogen and oxygen atoms in total. The van der Waals surface area contributed by atoms with Gasteiger partial charge in [-0.05, 0) is 43.2 Å². The predicted molar refractivity (Wildman–Crippen MR) is 135 cm³/mol. The summed E-state index contributed by atoms with van der Waals surface area (Å²) < 4.78 is 12.6. The maximum absolute atomic E-state index is 6.43. The monoisotopic (exact) mass is 469 g/mol. The highest BCUT2D eigenvalue weighted by Gasteiger charge is 2.17. The first-order chi connectivity index (χ1) is 16.7. The van der Waals surface area contributed by atoms with Gasteiger partial charge in [-0.1, -0.05) is 18.2 Å². The van der Waals surface area contributed by atoms with Crippen LogP contribution in [0.2, 0.25) is 0 Å².